The molecule has 2 N–H and O–H groups in total. The van der Waals surface area contributed by atoms with Crippen LogP contribution in [0.3, 0.4) is 0 Å². The van der Waals surface area contributed by atoms with Gasteiger partial charge in [0.1, 0.15) is 0 Å². The van der Waals surface area contributed by atoms with Crippen LogP contribution in [-0.2, 0) is 0 Å². The standard InChI is InChI=1S/C13H25NOS/c1-12(2)8-13(15,10-16-9-12)11-6-4-3-5-7-14-11/h11,14-15H,3-10H2,1-2H3. The lowest BCUT2D eigenvalue weighted by Crippen LogP contribution is -2.56. The highest BCUT2D eigenvalue weighted by atomic mass is 32.2. The maximum Gasteiger partial charge on any atom is 0.0895 e. The summed E-state index contributed by atoms with van der Waals surface area (Å²) in [5, 5.41) is 14.4. The number of nitrogens with one attached hydrogen (secondary N) is 1. The SMILES string of the molecule is CC1(C)CSCC(O)(C2CCCCCN2)C1. The Morgan fingerprint density at radius 3 is 2.75 bits per heavy atom. The van der Waals surface area contributed by atoms with Crippen molar-refractivity contribution in [3.05, 3.63) is 0 Å². The molecule has 0 saturated carbocycles. The van der Waals surface area contributed by atoms with Gasteiger partial charge in [0.05, 0.1) is 5.60 Å². The van der Waals surface area contributed by atoms with E-state index in [1.807, 2.05) is 11.8 Å². The van der Waals surface area contributed by atoms with Crippen LogP contribution in [-0.4, -0.2) is 34.8 Å². The molecule has 0 amide bonds. The smallest absolute Gasteiger partial charge is 0.0895 e. The molecule has 0 aromatic carbocycles. The molecule has 0 aromatic heterocycles. The van der Waals surface area contributed by atoms with Gasteiger partial charge in [-0.1, -0.05) is 26.7 Å². The topological polar surface area (TPSA) is 32.3 Å². The van der Waals surface area contributed by atoms with Gasteiger partial charge in [-0.05, 0) is 37.0 Å². The Hall–Kier alpha value is 0.270. The second kappa shape index (κ2) is 4.87. The van der Waals surface area contributed by atoms with Gasteiger partial charge in [-0.15, -0.1) is 0 Å². The summed E-state index contributed by atoms with van der Waals surface area (Å²) in [5.41, 5.74) is -0.192. The third kappa shape index (κ3) is 2.93. The van der Waals surface area contributed by atoms with Gasteiger partial charge in [-0.25, -0.2) is 0 Å². The van der Waals surface area contributed by atoms with Crippen LogP contribution in [0.4, 0.5) is 0 Å². The lowest BCUT2D eigenvalue weighted by atomic mass is 9.77. The molecule has 3 heteroatoms. The van der Waals surface area contributed by atoms with E-state index in [1.165, 1.54) is 25.0 Å². The van der Waals surface area contributed by atoms with Crippen molar-refractivity contribution in [1.29, 1.82) is 0 Å². The fourth-order valence-electron chi connectivity index (χ4n) is 3.15. The molecule has 0 spiro atoms. The predicted octanol–water partition coefficient (Wildman–Crippen LogP) is 2.41. The average molecular weight is 243 g/mol. The fourth-order valence-corrected chi connectivity index (χ4v) is 4.56. The third-order valence-electron chi connectivity index (χ3n) is 3.84. The molecule has 2 atom stereocenters. The quantitative estimate of drug-likeness (QED) is 0.742. The molecule has 0 aromatic rings. The molecule has 2 fully saturated rings. The number of hydrogen-bond donors (Lipinski definition) is 2. The zero-order valence-corrected chi connectivity index (χ0v) is 11.4. The van der Waals surface area contributed by atoms with Crippen molar-refractivity contribution in [3.8, 4) is 0 Å². The molecule has 2 nitrogen and oxygen atoms in total. The van der Waals surface area contributed by atoms with Crippen LogP contribution in [0.25, 0.3) is 0 Å². The van der Waals surface area contributed by atoms with Gasteiger partial charge in [0, 0.05) is 11.8 Å². The molecule has 94 valence electrons. The van der Waals surface area contributed by atoms with Gasteiger partial charge >= 0.3 is 0 Å². The van der Waals surface area contributed by atoms with E-state index in [9.17, 15) is 5.11 Å². The van der Waals surface area contributed by atoms with Crippen LogP contribution >= 0.6 is 11.8 Å². The first-order valence-electron chi connectivity index (χ1n) is 6.55. The lowest BCUT2D eigenvalue weighted by Gasteiger charge is -2.45. The van der Waals surface area contributed by atoms with E-state index in [1.54, 1.807) is 0 Å². The Balaban J connectivity index is 2.04. The second-order valence-corrected chi connectivity index (χ2v) is 7.28. The van der Waals surface area contributed by atoms with Gasteiger partial charge in [-0.2, -0.15) is 11.8 Å². The molecular weight excluding hydrogens is 218 g/mol. The van der Waals surface area contributed by atoms with E-state index in [0.29, 0.717) is 6.04 Å². The highest BCUT2D eigenvalue weighted by Gasteiger charge is 2.44. The van der Waals surface area contributed by atoms with E-state index in [-0.39, 0.29) is 5.41 Å². The molecule has 2 saturated heterocycles. The van der Waals surface area contributed by atoms with Crippen molar-refractivity contribution in [1.82, 2.24) is 5.32 Å². The number of thioether (sulfide) groups is 1. The number of rotatable bonds is 1. The van der Waals surface area contributed by atoms with Crippen LogP contribution in [0.5, 0.6) is 0 Å². The van der Waals surface area contributed by atoms with Crippen molar-refractivity contribution < 1.29 is 5.11 Å². The number of hydrogen-bond acceptors (Lipinski definition) is 3. The van der Waals surface area contributed by atoms with Crippen LogP contribution in [0.15, 0.2) is 0 Å². The van der Waals surface area contributed by atoms with Crippen LogP contribution in [0, 0.1) is 5.41 Å². The van der Waals surface area contributed by atoms with E-state index < -0.39 is 5.60 Å². The minimum Gasteiger partial charge on any atom is -0.387 e. The first-order chi connectivity index (χ1) is 7.52. The molecular formula is C13H25NOS. The molecule has 2 aliphatic rings. The maximum atomic E-state index is 10.9. The lowest BCUT2D eigenvalue weighted by molar-refractivity contribution is -0.0157. The van der Waals surface area contributed by atoms with Gasteiger partial charge in [-0.3, -0.25) is 0 Å². The maximum absolute atomic E-state index is 10.9. The molecule has 16 heavy (non-hydrogen) atoms. The molecule has 2 rings (SSSR count). The van der Waals surface area contributed by atoms with Crippen molar-refractivity contribution in [2.45, 2.75) is 57.6 Å². The Morgan fingerprint density at radius 2 is 2.00 bits per heavy atom. The summed E-state index contributed by atoms with van der Waals surface area (Å²) in [7, 11) is 0. The molecule has 0 radical (unpaired) electrons. The average Bonchev–Trinajstić information content (AvgIpc) is 2.43. The van der Waals surface area contributed by atoms with Crippen molar-refractivity contribution in [3.63, 3.8) is 0 Å². The van der Waals surface area contributed by atoms with Crippen LogP contribution in [0.2, 0.25) is 0 Å². The summed E-state index contributed by atoms with van der Waals surface area (Å²) in [6.07, 6.45) is 5.95. The van der Waals surface area contributed by atoms with E-state index >= 15 is 0 Å². The number of aliphatic hydroxyl groups is 1. The van der Waals surface area contributed by atoms with E-state index in [0.717, 1.165) is 25.1 Å². The van der Waals surface area contributed by atoms with Crippen molar-refractivity contribution in [2.75, 3.05) is 18.1 Å². The highest BCUT2D eigenvalue weighted by Crippen LogP contribution is 2.41. The summed E-state index contributed by atoms with van der Waals surface area (Å²) >= 11 is 1.92. The second-order valence-electron chi connectivity index (χ2n) is 6.29. The first kappa shape index (κ1) is 12.7. The molecule has 0 bridgehead atoms. The minimum absolute atomic E-state index is 0.283. The summed E-state index contributed by atoms with van der Waals surface area (Å²) < 4.78 is 0. The predicted molar refractivity (Wildman–Crippen MR) is 70.9 cm³/mol. The highest BCUT2D eigenvalue weighted by molar-refractivity contribution is 7.99. The van der Waals surface area contributed by atoms with Gasteiger partial charge < -0.3 is 10.4 Å². The Bertz CT molecular complexity index is 236. The fraction of sp³-hybridized carbons (Fsp3) is 1.00. The summed E-state index contributed by atoms with van der Waals surface area (Å²) in [6.45, 7) is 5.64. The monoisotopic (exact) mass is 243 g/mol. The minimum atomic E-state index is -0.475. The molecule has 2 aliphatic heterocycles. The largest absolute Gasteiger partial charge is 0.387 e. The summed E-state index contributed by atoms with van der Waals surface area (Å²) in [6, 6.07) is 0.321. The molecule has 2 heterocycles. The van der Waals surface area contributed by atoms with Crippen molar-refractivity contribution in [2.24, 2.45) is 5.41 Å². The Kier molecular flexibility index (Phi) is 3.87. The van der Waals surface area contributed by atoms with Gasteiger partial charge in [0.2, 0.25) is 0 Å². The van der Waals surface area contributed by atoms with E-state index in [2.05, 4.69) is 19.2 Å². The van der Waals surface area contributed by atoms with Gasteiger partial charge in [0.25, 0.3) is 0 Å². The van der Waals surface area contributed by atoms with Gasteiger partial charge in [0.15, 0.2) is 0 Å². The zero-order valence-electron chi connectivity index (χ0n) is 10.6. The Labute approximate surface area is 104 Å². The Morgan fingerprint density at radius 1 is 1.19 bits per heavy atom. The molecule has 0 aliphatic carbocycles. The first-order valence-corrected chi connectivity index (χ1v) is 7.71. The van der Waals surface area contributed by atoms with E-state index in [4.69, 9.17) is 0 Å². The molecule has 2 unspecified atom stereocenters. The summed E-state index contributed by atoms with van der Waals surface area (Å²) in [5.74, 6) is 2.09. The summed E-state index contributed by atoms with van der Waals surface area (Å²) in [4.78, 5) is 0. The van der Waals surface area contributed by atoms with Crippen LogP contribution < -0.4 is 5.32 Å². The third-order valence-corrected chi connectivity index (χ3v) is 5.53. The van der Waals surface area contributed by atoms with Crippen LogP contribution in [0.1, 0.15) is 46.0 Å². The normalized spacial score (nSPS) is 40.3. The zero-order chi connectivity index (χ0) is 11.6. The van der Waals surface area contributed by atoms with Crippen molar-refractivity contribution >= 4 is 11.8 Å².